The van der Waals surface area contributed by atoms with Crippen LogP contribution < -0.4 is 5.32 Å². The Hall–Kier alpha value is -0.600. The minimum atomic E-state index is 0.829. The van der Waals surface area contributed by atoms with Crippen molar-refractivity contribution in [1.82, 2.24) is 5.32 Å². The summed E-state index contributed by atoms with van der Waals surface area (Å²) in [6.07, 6.45) is 12.5. The zero-order valence-electron chi connectivity index (χ0n) is 10.1. The third-order valence-corrected chi connectivity index (χ3v) is 3.34. The summed E-state index contributed by atoms with van der Waals surface area (Å²) in [5, 5.41) is 3.51. The number of ether oxygens (including phenoxy) is 1. The molecular formula is C14H23NO. The predicted octanol–water partition coefficient (Wildman–Crippen LogP) is 2.81. The molecule has 0 aromatic carbocycles. The summed E-state index contributed by atoms with van der Waals surface area (Å²) in [7, 11) is 0. The maximum atomic E-state index is 5.41. The van der Waals surface area contributed by atoms with Crippen LogP contribution in [-0.4, -0.2) is 26.3 Å². The Morgan fingerprint density at radius 1 is 1.12 bits per heavy atom. The van der Waals surface area contributed by atoms with Crippen molar-refractivity contribution in [3.05, 3.63) is 23.3 Å². The quantitative estimate of drug-likeness (QED) is 0.569. The molecule has 0 saturated heterocycles. The van der Waals surface area contributed by atoms with Crippen LogP contribution in [0, 0.1) is 0 Å². The average Bonchev–Trinajstić information content (AvgIpc) is 2.37. The van der Waals surface area contributed by atoms with E-state index in [1.54, 1.807) is 5.57 Å². The van der Waals surface area contributed by atoms with Gasteiger partial charge in [0.05, 0.1) is 13.2 Å². The van der Waals surface area contributed by atoms with Gasteiger partial charge < -0.3 is 10.1 Å². The molecule has 0 aromatic heterocycles. The fraction of sp³-hybridized carbons (Fsp3) is 0.714. The van der Waals surface area contributed by atoms with Gasteiger partial charge in [-0.2, -0.15) is 0 Å². The second-order valence-corrected chi connectivity index (χ2v) is 4.74. The van der Waals surface area contributed by atoms with Crippen molar-refractivity contribution in [2.45, 2.75) is 38.5 Å². The van der Waals surface area contributed by atoms with Crippen LogP contribution in [0.5, 0.6) is 0 Å². The van der Waals surface area contributed by atoms with Crippen molar-refractivity contribution in [3.8, 4) is 0 Å². The predicted molar refractivity (Wildman–Crippen MR) is 67.6 cm³/mol. The largest absolute Gasteiger partial charge is 0.377 e. The van der Waals surface area contributed by atoms with Crippen molar-refractivity contribution in [1.29, 1.82) is 0 Å². The third kappa shape index (κ3) is 4.11. The molecule has 1 heterocycles. The van der Waals surface area contributed by atoms with E-state index in [1.807, 2.05) is 0 Å². The fourth-order valence-corrected chi connectivity index (χ4v) is 2.36. The molecule has 0 unspecified atom stereocenters. The van der Waals surface area contributed by atoms with Crippen molar-refractivity contribution in [3.63, 3.8) is 0 Å². The molecule has 2 aliphatic rings. The lowest BCUT2D eigenvalue weighted by Crippen LogP contribution is -2.22. The molecule has 1 N–H and O–H groups in total. The molecule has 0 fully saturated rings. The summed E-state index contributed by atoms with van der Waals surface area (Å²) >= 11 is 0. The molecule has 1 aliphatic heterocycles. The third-order valence-electron chi connectivity index (χ3n) is 3.34. The Morgan fingerprint density at radius 3 is 2.81 bits per heavy atom. The van der Waals surface area contributed by atoms with Crippen LogP contribution in [0.4, 0.5) is 0 Å². The van der Waals surface area contributed by atoms with Crippen LogP contribution in [0.3, 0.4) is 0 Å². The highest BCUT2D eigenvalue weighted by atomic mass is 16.5. The van der Waals surface area contributed by atoms with Gasteiger partial charge in [-0.3, -0.25) is 0 Å². The van der Waals surface area contributed by atoms with Gasteiger partial charge in [0, 0.05) is 6.54 Å². The van der Waals surface area contributed by atoms with Gasteiger partial charge in [0.15, 0.2) is 0 Å². The first-order valence-corrected chi connectivity index (χ1v) is 6.59. The van der Waals surface area contributed by atoms with Gasteiger partial charge in [0.25, 0.3) is 0 Å². The summed E-state index contributed by atoms with van der Waals surface area (Å²) in [4.78, 5) is 0. The minimum absolute atomic E-state index is 0.829. The van der Waals surface area contributed by atoms with Gasteiger partial charge in [-0.05, 0) is 50.6 Å². The Morgan fingerprint density at radius 2 is 2.06 bits per heavy atom. The molecule has 0 saturated carbocycles. The van der Waals surface area contributed by atoms with Crippen molar-refractivity contribution >= 4 is 0 Å². The Bertz CT molecular complexity index is 240. The molecular weight excluding hydrogens is 198 g/mol. The van der Waals surface area contributed by atoms with E-state index >= 15 is 0 Å². The minimum Gasteiger partial charge on any atom is -0.377 e. The number of rotatable bonds is 5. The molecule has 0 atom stereocenters. The van der Waals surface area contributed by atoms with Crippen LogP contribution in [0.15, 0.2) is 23.3 Å². The molecule has 0 aromatic rings. The number of hydrogen-bond donors (Lipinski definition) is 1. The maximum absolute atomic E-state index is 5.41. The first-order chi connectivity index (χ1) is 7.95. The molecule has 2 heteroatoms. The Kier molecular flexibility index (Phi) is 5.10. The van der Waals surface area contributed by atoms with Crippen molar-refractivity contribution in [2.75, 3.05) is 26.3 Å². The van der Waals surface area contributed by atoms with E-state index in [-0.39, 0.29) is 0 Å². The molecule has 0 amide bonds. The second kappa shape index (κ2) is 6.87. The molecule has 16 heavy (non-hydrogen) atoms. The maximum Gasteiger partial charge on any atom is 0.0689 e. The van der Waals surface area contributed by atoms with Gasteiger partial charge in [-0.25, -0.2) is 0 Å². The van der Waals surface area contributed by atoms with E-state index in [1.165, 1.54) is 37.7 Å². The normalized spacial score (nSPS) is 21.5. The molecule has 2 nitrogen and oxygen atoms in total. The molecule has 2 rings (SSSR count). The molecule has 0 radical (unpaired) electrons. The van der Waals surface area contributed by atoms with Crippen molar-refractivity contribution in [2.24, 2.45) is 0 Å². The molecule has 1 aliphatic carbocycles. The number of hydrogen-bond acceptors (Lipinski definition) is 2. The smallest absolute Gasteiger partial charge is 0.0689 e. The number of nitrogens with one attached hydrogen (secondary N) is 1. The first-order valence-electron chi connectivity index (χ1n) is 6.59. The highest BCUT2D eigenvalue weighted by Crippen LogP contribution is 2.19. The topological polar surface area (TPSA) is 21.3 Å². The standard InChI is InChI=1S/C14H23NO/c1-2-5-13(6-3-1)8-9-15-11-14-7-4-10-16-12-14/h5,7,15H,1-4,6,8-12H2. The average molecular weight is 221 g/mol. The van der Waals surface area contributed by atoms with Crippen LogP contribution >= 0.6 is 0 Å². The van der Waals surface area contributed by atoms with E-state index in [0.717, 1.165) is 32.7 Å². The van der Waals surface area contributed by atoms with Gasteiger partial charge in [-0.1, -0.05) is 17.7 Å². The van der Waals surface area contributed by atoms with Crippen LogP contribution in [0.25, 0.3) is 0 Å². The zero-order chi connectivity index (χ0) is 11.1. The highest BCUT2D eigenvalue weighted by molar-refractivity contribution is 5.08. The van der Waals surface area contributed by atoms with Gasteiger partial charge in [0.2, 0.25) is 0 Å². The van der Waals surface area contributed by atoms with Crippen LogP contribution in [0.1, 0.15) is 38.5 Å². The molecule has 0 spiro atoms. The Labute approximate surface area is 98.8 Å². The van der Waals surface area contributed by atoms with Gasteiger partial charge in [-0.15, -0.1) is 0 Å². The lowest BCUT2D eigenvalue weighted by atomic mass is 9.97. The summed E-state index contributed by atoms with van der Waals surface area (Å²) in [6, 6.07) is 0. The van der Waals surface area contributed by atoms with E-state index < -0.39 is 0 Å². The first kappa shape index (κ1) is 11.9. The lowest BCUT2D eigenvalue weighted by Gasteiger charge is -2.15. The summed E-state index contributed by atoms with van der Waals surface area (Å²) < 4.78 is 5.41. The van der Waals surface area contributed by atoms with E-state index in [4.69, 9.17) is 4.74 Å². The number of allylic oxidation sites excluding steroid dienone is 1. The van der Waals surface area contributed by atoms with Crippen LogP contribution in [0.2, 0.25) is 0 Å². The second-order valence-electron chi connectivity index (χ2n) is 4.74. The van der Waals surface area contributed by atoms with Gasteiger partial charge >= 0.3 is 0 Å². The summed E-state index contributed by atoms with van der Waals surface area (Å²) in [6.45, 7) is 3.85. The SMILES string of the molecule is C1=C(CCNCC2=CCCOC2)CCCC1. The van der Waals surface area contributed by atoms with Crippen molar-refractivity contribution < 1.29 is 4.74 Å². The van der Waals surface area contributed by atoms with Crippen LogP contribution in [-0.2, 0) is 4.74 Å². The molecule has 90 valence electrons. The highest BCUT2D eigenvalue weighted by Gasteiger charge is 2.05. The zero-order valence-corrected chi connectivity index (χ0v) is 10.1. The lowest BCUT2D eigenvalue weighted by molar-refractivity contribution is 0.149. The monoisotopic (exact) mass is 221 g/mol. The van der Waals surface area contributed by atoms with E-state index in [0.29, 0.717) is 0 Å². The summed E-state index contributed by atoms with van der Waals surface area (Å²) in [5.74, 6) is 0. The summed E-state index contributed by atoms with van der Waals surface area (Å²) in [5.41, 5.74) is 3.08. The Balaban J connectivity index is 1.57. The van der Waals surface area contributed by atoms with E-state index in [9.17, 15) is 0 Å². The van der Waals surface area contributed by atoms with E-state index in [2.05, 4.69) is 17.5 Å². The molecule has 0 bridgehead atoms. The fourth-order valence-electron chi connectivity index (χ4n) is 2.36. The van der Waals surface area contributed by atoms with Gasteiger partial charge in [0.1, 0.15) is 0 Å².